The molecule has 1 aliphatic rings. The Kier molecular flexibility index (Phi) is 4.60. The van der Waals surface area contributed by atoms with Crippen LogP contribution in [0.2, 0.25) is 0 Å². The molecular formula is C15H21NO3S. The van der Waals surface area contributed by atoms with Gasteiger partial charge in [-0.25, -0.2) is 8.42 Å². The summed E-state index contributed by atoms with van der Waals surface area (Å²) in [6, 6.07) is 5.85. The van der Waals surface area contributed by atoms with E-state index in [4.69, 9.17) is 0 Å². The molecule has 0 amide bonds. The Balaban J connectivity index is 2.06. The highest BCUT2D eigenvalue weighted by Gasteiger charge is 2.21. The SMILES string of the molecule is Cc1ccc(C)c(C(=O)CN2CCCS(=O)(=O)CC2)c1. The van der Waals surface area contributed by atoms with Gasteiger partial charge in [0.15, 0.2) is 15.6 Å². The Labute approximate surface area is 120 Å². The summed E-state index contributed by atoms with van der Waals surface area (Å²) >= 11 is 0. The van der Waals surface area contributed by atoms with E-state index >= 15 is 0 Å². The summed E-state index contributed by atoms with van der Waals surface area (Å²) in [6.07, 6.45) is 0.614. The molecule has 1 aromatic carbocycles. The molecule has 2 rings (SSSR count). The van der Waals surface area contributed by atoms with Crippen LogP contribution in [-0.4, -0.2) is 50.2 Å². The van der Waals surface area contributed by atoms with E-state index in [0.717, 1.165) is 16.7 Å². The van der Waals surface area contributed by atoms with Crippen LogP contribution in [0.25, 0.3) is 0 Å². The zero-order chi connectivity index (χ0) is 14.8. The molecule has 0 radical (unpaired) electrons. The molecule has 5 heteroatoms. The maximum atomic E-state index is 12.4. The molecule has 0 saturated carbocycles. The molecule has 1 aromatic rings. The molecule has 0 unspecified atom stereocenters. The van der Waals surface area contributed by atoms with Crippen LogP contribution in [0.15, 0.2) is 18.2 Å². The highest BCUT2D eigenvalue weighted by molar-refractivity contribution is 7.91. The van der Waals surface area contributed by atoms with E-state index in [1.807, 2.05) is 36.9 Å². The van der Waals surface area contributed by atoms with Crippen molar-refractivity contribution in [2.75, 3.05) is 31.1 Å². The lowest BCUT2D eigenvalue weighted by Gasteiger charge is -2.18. The molecule has 1 aliphatic heterocycles. The first kappa shape index (κ1) is 15.2. The number of nitrogens with zero attached hydrogens (tertiary/aromatic N) is 1. The second-order valence-electron chi connectivity index (χ2n) is 5.52. The average Bonchev–Trinajstić information content (AvgIpc) is 2.54. The molecule has 0 bridgehead atoms. The molecule has 0 N–H and O–H groups in total. The fourth-order valence-electron chi connectivity index (χ4n) is 2.47. The van der Waals surface area contributed by atoms with Gasteiger partial charge >= 0.3 is 0 Å². The lowest BCUT2D eigenvalue weighted by molar-refractivity contribution is 0.0935. The number of ketones is 1. The van der Waals surface area contributed by atoms with Gasteiger partial charge < -0.3 is 0 Å². The monoisotopic (exact) mass is 295 g/mol. The van der Waals surface area contributed by atoms with Crippen LogP contribution in [0.1, 0.15) is 27.9 Å². The molecule has 1 heterocycles. The molecule has 110 valence electrons. The molecule has 0 aromatic heterocycles. The topological polar surface area (TPSA) is 54.5 Å². The number of benzene rings is 1. The predicted octanol–water partition coefficient (Wildman–Crippen LogP) is 1.61. The summed E-state index contributed by atoms with van der Waals surface area (Å²) < 4.78 is 23.1. The van der Waals surface area contributed by atoms with Crippen LogP contribution < -0.4 is 0 Å². The van der Waals surface area contributed by atoms with Crippen molar-refractivity contribution in [1.29, 1.82) is 0 Å². The number of rotatable bonds is 3. The van der Waals surface area contributed by atoms with Crippen molar-refractivity contribution >= 4 is 15.6 Å². The largest absolute Gasteiger partial charge is 0.295 e. The van der Waals surface area contributed by atoms with Gasteiger partial charge in [0, 0.05) is 12.1 Å². The Morgan fingerprint density at radius 1 is 1.20 bits per heavy atom. The average molecular weight is 295 g/mol. The summed E-state index contributed by atoms with van der Waals surface area (Å²) in [5.74, 6) is 0.472. The first-order valence-corrected chi connectivity index (χ1v) is 8.73. The van der Waals surface area contributed by atoms with Gasteiger partial charge in [-0.2, -0.15) is 0 Å². The molecule has 1 saturated heterocycles. The van der Waals surface area contributed by atoms with Gasteiger partial charge in [-0.1, -0.05) is 17.7 Å². The van der Waals surface area contributed by atoms with Crippen LogP contribution >= 0.6 is 0 Å². The van der Waals surface area contributed by atoms with Gasteiger partial charge in [0.25, 0.3) is 0 Å². The predicted molar refractivity (Wildman–Crippen MR) is 80.0 cm³/mol. The van der Waals surface area contributed by atoms with Crippen molar-refractivity contribution < 1.29 is 13.2 Å². The van der Waals surface area contributed by atoms with E-state index in [-0.39, 0.29) is 17.3 Å². The number of hydrogen-bond donors (Lipinski definition) is 0. The van der Waals surface area contributed by atoms with E-state index in [1.54, 1.807) is 0 Å². The summed E-state index contributed by atoms with van der Waals surface area (Å²) in [5.41, 5.74) is 2.79. The van der Waals surface area contributed by atoms with E-state index < -0.39 is 9.84 Å². The third-order valence-electron chi connectivity index (χ3n) is 3.71. The first-order valence-electron chi connectivity index (χ1n) is 6.91. The lowest BCUT2D eigenvalue weighted by Crippen LogP contribution is -2.32. The highest BCUT2D eigenvalue weighted by atomic mass is 32.2. The fraction of sp³-hybridized carbons (Fsp3) is 0.533. The Bertz CT molecular complexity index is 608. The Hall–Kier alpha value is -1.20. The first-order chi connectivity index (χ1) is 9.37. The third kappa shape index (κ3) is 3.90. The van der Waals surface area contributed by atoms with Crippen molar-refractivity contribution in [3.8, 4) is 0 Å². The number of Topliss-reactive ketones (excluding diaryl/α,β-unsaturated/α-hetero) is 1. The normalized spacial score (nSPS) is 19.5. The maximum absolute atomic E-state index is 12.4. The minimum Gasteiger partial charge on any atom is -0.295 e. The number of sulfone groups is 1. The summed E-state index contributed by atoms with van der Waals surface area (Å²) in [4.78, 5) is 14.3. The maximum Gasteiger partial charge on any atom is 0.177 e. The minimum absolute atomic E-state index is 0.0745. The van der Waals surface area contributed by atoms with Gasteiger partial charge in [-0.15, -0.1) is 0 Å². The Morgan fingerprint density at radius 3 is 2.70 bits per heavy atom. The van der Waals surface area contributed by atoms with E-state index in [0.29, 0.717) is 26.1 Å². The quantitative estimate of drug-likeness (QED) is 0.795. The second-order valence-corrected chi connectivity index (χ2v) is 7.83. The van der Waals surface area contributed by atoms with Crippen molar-refractivity contribution in [2.45, 2.75) is 20.3 Å². The number of carbonyl (C=O) groups is 1. The fourth-order valence-corrected chi connectivity index (χ4v) is 3.78. The van der Waals surface area contributed by atoms with Crippen molar-refractivity contribution in [3.05, 3.63) is 34.9 Å². The Morgan fingerprint density at radius 2 is 1.95 bits per heavy atom. The minimum atomic E-state index is -2.92. The van der Waals surface area contributed by atoms with Crippen LogP contribution in [0.4, 0.5) is 0 Å². The molecule has 0 atom stereocenters. The lowest BCUT2D eigenvalue weighted by atomic mass is 10.0. The van der Waals surface area contributed by atoms with Crippen LogP contribution in [0.5, 0.6) is 0 Å². The smallest absolute Gasteiger partial charge is 0.177 e. The van der Waals surface area contributed by atoms with Crippen molar-refractivity contribution in [1.82, 2.24) is 4.90 Å². The van der Waals surface area contributed by atoms with Crippen molar-refractivity contribution in [2.24, 2.45) is 0 Å². The second kappa shape index (κ2) is 6.06. The van der Waals surface area contributed by atoms with Crippen molar-refractivity contribution in [3.63, 3.8) is 0 Å². The van der Waals surface area contributed by atoms with E-state index in [9.17, 15) is 13.2 Å². The standard InChI is InChI=1S/C15H21NO3S/c1-12-4-5-13(2)14(10-12)15(17)11-16-6-3-8-20(18,19)9-7-16/h4-5,10H,3,6-9,11H2,1-2H3. The zero-order valence-electron chi connectivity index (χ0n) is 12.1. The summed E-state index contributed by atoms with van der Waals surface area (Å²) in [5, 5.41) is 0. The van der Waals surface area contributed by atoms with Gasteiger partial charge in [-0.05, 0) is 38.4 Å². The van der Waals surface area contributed by atoms with Gasteiger partial charge in [0.2, 0.25) is 0 Å². The highest BCUT2D eigenvalue weighted by Crippen LogP contribution is 2.13. The number of carbonyl (C=O) groups excluding carboxylic acids is 1. The molecule has 0 spiro atoms. The van der Waals surface area contributed by atoms with Gasteiger partial charge in [0.05, 0.1) is 18.1 Å². The zero-order valence-corrected chi connectivity index (χ0v) is 12.9. The number of hydrogen-bond acceptors (Lipinski definition) is 4. The number of aryl methyl sites for hydroxylation is 2. The molecule has 4 nitrogen and oxygen atoms in total. The molecule has 1 fully saturated rings. The van der Waals surface area contributed by atoms with E-state index in [1.165, 1.54) is 0 Å². The molecular weight excluding hydrogens is 274 g/mol. The van der Waals surface area contributed by atoms with Crippen LogP contribution in [0, 0.1) is 13.8 Å². The van der Waals surface area contributed by atoms with Gasteiger partial charge in [-0.3, -0.25) is 9.69 Å². The molecule has 0 aliphatic carbocycles. The summed E-state index contributed by atoms with van der Waals surface area (Å²) in [7, 11) is -2.92. The molecule has 20 heavy (non-hydrogen) atoms. The summed E-state index contributed by atoms with van der Waals surface area (Å²) in [6.45, 7) is 5.34. The van der Waals surface area contributed by atoms with E-state index in [2.05, 4.69) is 0 Å². The van der Waals surface area contributed by atoms with Gasteiger partial charge in [0.1, 0.15) is 0 Å². The third-order valence-corrected chi connectivity index (χ3v) is 5.42. The van der Waals surface area contributed by atoms with Crippen LogP contribution in [-0.2, 0) is 9.84 Å². The van der Waals surface area contributed by atoms with Crippen LogP contribution in [0.3, 0.4) is 0 Å².